The van der Waals surface area contributed by atoms with Gasteiger partial charge in [0.2, 0.25) is 0 Å². The molecule has 2 rings (SSSR count). The average Bonchev–Trinajstić information content (AvgIpc) is 2.27. The Hall–Kier alpha value is -0.830. The molecule has 10 heavy (non-hydrogen) atoms. The van der Waals surface area contributed by atoms with Crippen LogP contribution in [0.4, 0.5) is 0 Å². The monoisotopic (exact) mass is 138 g/mol. The van der Waals surface area contributed by atoms with Gasteiger partial charge in [-0.2, -0.15) is 5.10 Å². The van der Waals surface area contributed by atoms with Crippen LogP contribution in [-0.2, 0) is 17.9 Å². The van der Waals surface area contributed by atoms with Crippen LogP contribution < -0.4 is 0 Å². The lowest BCUT2D eigenvalue weighted by Gasteiger charge is -2.12. The first-order valence-electron chi connectivity index (χ1n) is 3.47. The number of hydrogen-bond acceptors (Lipinski definition) is 2. The van der Waals surface area contributed by atoms with E-state index in [9.17, 15) is 0 Å². The standard InChI is InChI=1S/C7H10N2O/c1-6-4-7-5-10-3-2-9(7)8-6/h4H,2-3,5H2,1H3. The second kappa shape index (κ2) is 2.09. The fraction of sp³-hybridized carbons (Fsp3) is 0.571. The first-order valence-corrected chi connectivity index (χ1v) is 3.47. The van der Waals surface area contributed by atoms with Crippen molar-refractivity contribution in [1.82, 2.24) is 9.78 Å². The van der Waals surface area contributed by atoms with Gasteiger partial charge in [-0.1, -0.05) is 0 Å². The highest BCUT2D eigenvalue weighted by Crippen LogP contribution is 2.09. The molecule has 0 aromatic carbocycles. The molecule has 3 heteroatoms. The highest BCUT2D eigenvalue weighted by atomic mass is 16.5. The van der Waals surface area contributed by atoms with Crippen LogP contribution in [0.15, 0.2) is 6.07 Å². The van der Waals surface area contributed by atoms with Crippen LogP contribution in [0.2, 0.25) is 0 Å². The summed E-state index contributed by atoms with van der Waals surface area (Å²) in [6, 6.07) is 2.07. The highest BCUT2D eigenvalue weighted by molar-refractivity contribution is 5.08. The van der Waals surface area contributed by atoms with E-state index in [-0.39, 0.29) is 0 Å². The van der Waals surface area contributed by atoms with E-state index in [4.69, 9.17) is 4.74 Å². The summed E-state index contributed by atoms with van der Waals surface area (Å²) in [5.41, 5.74) is 2.28. The first-order chi connectivity index (χ1) is 4.86. The highest BCUT2D eigenvalue weighted by Gasteiger charge is 2.09. The van der Waals surface area contributed by atoms with Crippen molar-refractivity contribution < 1.29 is 4.74 Å². The van der Waals surface area contributed by atoms with Gasteiger partial charge in [-0.05, 0) is 13.0 Å². The molecule has 0 saturated carbocycles. The summed E-state index contributed by atoms with van der Waals surface area (Å²) in [4.78, 5) is 0. The lowest BCUT2D eigenvalue weighted by Crippen LogP contribution is -2.16. The summed E-state index contributed by atoms with van der Waals surface area (Å²) < 4.78 is 7.26. The van der Waals surface area contributed by atoms with Gasteiger partial charge in [-0.15, -0.1) is 0 Å². The molecule has 2 heterocycles. The Bertz CT molecular complexity index is 218. The third-order valence-electron chi connectivity index (χ3n) is 1.68. The zero-order valence-electron chi connectivity index (χ0n) is 6.00. The Morgan fingerprint density at radius 2 is 2.60 bits per heavy atom. The van der Waals surface area contributed by atoms with Crippen LogP contribution in [0, 0.1) is 6.92 Å². The van der Waals surface area contributed by atoms with E-state index < -0.39 is 0 Å². The summed E-state index contributed by atoms with van der Waals surface area (Å²) in [5.74, 6) is 0. The maximum absolute atomic E-state index is 5.25. The van der Waals surface area contributed by atoms with Gasteiger partial charge >= 0.3 is 0 Å². The lowest BCUT2D eigenvalue weighted by atomic mass is 10.4. The van der Waals surface area contributed by atoms with Crippen LogP contribution in [0.25, 0.3) is 0 Å². The molecule has 3 nitrogen and oxygen atoms in total. The van der Waals surface area contributed by atoms with E-state index in [0.717, 1.165) is 25.5 Å². The summed E-state index contributed by atoms with van der Waals surface area (Å²) in [7, 11) is 0. The van der Waals surface area contributed by atoms with Gasteiger partial charge in [-0.25, -0.2) is 0 Å². The maximum atomic E-state index is 5.25. The predicted molar refractivity (Wildman–Crippen MR) is 36.6 cm³/mol. The number of aromatic nitrogens is 2. The molecule has 0 aliphatic carbocycles. The Morgan fingerprint density at radius 1 is 1.70 bits per heavy atom. The van der Waals surface area contributed by atoms with E-state index in [2.05, 4.69) is 11.2 Å². The molecule has 0 saturated heterocycles. The van der Waals surface area contributed by atoms with E-state index in [1.165, 1.54) is 5.69 Å². The Balaban J connectivity index is 2.41. The smallest absolute Gasteiger partial charge is 0.0885 e. The van der Waals surface area contributed by atoms with Crippen molar-refractivity contribution in [1.29, 1.82) is 0 Å². The molecule has 54 valence electrons. The molecule has 0 amide bonds. The van der Waals surface area contributed by atoms with Crippen LogP contribution in [-0.4, -0.2) is 16.4 Å². The molecular weight excluding hydrogens is 128 g/mol. The van der Waals surface area contributed by atoms with Crippen LogP contribution >= 0.6 is 0 Å². The maximum Gasteiger partial charge on any atom is 0.0885 e. The second-order valence-corrected chi connectivity index (χ2v) is 2.55. The molecule has 1 aliphatic rings. The van der Waals surface area contributed by atoms with E-state index >= 15 is 0 Å². The molecule has 0 radical (unpaired) electrons. The van der Waals surface area contributed by atoms with Gasteiger partial charge < -0.3 is 4.74 Å². The minimum atomic E-state index is 0.723. The van der Waals surface area contributed by atoms with Gasteiger partial charge in [0.25, 0.3) is 0 Å². The fourth-order valence-corrected chi connectivity index (χ4v) is 1.24. The van der Waals surface area contributed by atoms with Crippen molar-refractivity contribution in [2.45, 2.75) is 20.1 Å². The van der Waals surface area contributed by atoms with Crippen LogP contribution in [0.3, 0.4) is 0 Å². The van der Waals surface area contributed by atoms with Crippen molar-refractivity contribution in [3.8, 4) is 0 Å². The average molecular weight is 138 g/mol. The summed E-state index contributed by atoms with van der Waals surface area (Å²) in [6.45, 7) is 4.43. The van der Waals surface area contributed by atoms with Crippen molar-refractivity contribution in [2.75, 3.05) is 6.61 Å². The van der Waals surface area contributed by atoms with Crippen LogP contribution in [0.5, 0.6) is 0 Å². The minimum Gasteiger partial charge on any atom is -0.373 e. The van der Waals surface area contributed by atoms with Crippen molar-refractivity contribution in [3.05, 3.63) is 17.5 Å². The molecule has 0 atom stereocenters. The zero-order valence-corrected chi connectivity index (χ0v) is 6.00. The molecular formula is C7H10N2O. The SMILES string of the molecule is Cc1cc2n(n1)CCOC2. The lowest BCUT2D eigenvalue weighted by molar-refractivity contribution is 0.0800. The number of fused-ring (bicyclic) bond motifs is 1. The predicted octanol–water partition coefficient (Wildman–Crippen LogP) is 0.722. The topological polar surface area (TPSA) is 27.1 Å². The Labute approximate surface area is 59.6 Å². The molecule has 0 unspecified atom stereocenters. The molecule has 1 aromatic heterocycles. The van der Waals surface area contributed by atoms with Crippen LogP contribution in [0.1, 0.15) is 11.4 Å². The van der Waals surface area contributed by atoms with Crippen molar-refractivity contribution in [2.24, 2.45) is 0 Å². The van der Waals surface area contributed by atoms with Gasteiger partial charge in [0.15, 0.2) is 0 Å². The second-order valence-electron chi connectivity index (χ2n) is 2.55. The molecule has 0 bridgehead atoms. The number of aryl methyl sites for hydroxylation is 1. The van der Waals surface area contributed by atoms with Gasteiger partial charge in [0, 0.05) is 0 Å². The molecule has 1 aromatic rings. The van der Waals surface area contributed by atoms with E-state index in [1.807, 2.05) is 11.6 Å². The zero-order chi connectivity index (χ0) is 6.97. The Kier molecular flexibility index (Phi) is 1.24. The van der Waals surface area contributed by atoms with E-state index in [1.54, 1.807) is 0 Å². The summed E-state index contributed by atoms with van der Waals surface area (Å²) in [5, 5.41) is 4.29. The minimum absolute atomic E-state index is 0.723. The Morgan fingerprint density at radius 3 is 3.40 bits per heavy atom. The van der Waals surface area contributed by atoms with Gasteiger partial charge in [0.1, 0.15) is 0 Å². The number of nitrogens with zero attached hydrogens (tertiary/aromatic N) is 2. The summed E-state index contributed by atoms with van der Waals surface area (Å²) in [6.07, 6.45) is 0. The molecule has 0 fully saturated rings. The molecule has 1 aliphatic heterocycles. The van der Waals surface area contributed by atoms with Gasteiger partial charge in [-0.3, -0.25) is 4.68 Å². The largest absolute Gasteiger partial charge is 0.373 e. The third-order valence-corrected chi connectivity index (χ3v) is 1.68. The first kappa shape index (κ1) is 5.92. The molecule has 0 spiro atoms. The van der Waals surface area contributed by atoms with Crippen molar-refractivity contribution in [3.63, 3.8) is 0 Å². The number of hydrogen-bond donors (Lipinski definition) is 0. The number of rotatable bonds is 0. The molecule has 0 N–H and O–H groups in total. The summed E-state index contributed by atoms with van der Waals surface area (Å²) >= 11 is 0. The van der Waals surface area contributed by atoms with Crippen molar-refractivity contribution >= 4 is 0 Å². The fourth-order valence-electron chi connectivity index (χ4n) is 1.24. The number of ether oxygens (including phenoxy) is 1. The van der Waals surface area contributed by atoms with Gasteiger partial charge in [0.05, 0.1) is 31.1 Å². The van der Waals surface area contributed by atoms with E-state index in [0.29, 0.717) is 0 Å². The quantitative estimate of drug-likeness (QED) is 0.528. The normalized spacial score (nSPS) is 16.9. The third kappa shape index (κ3) is 0.827.